The maximum atomic E-state index is 12.0. The van der Waals surface area contributed by atoms with Gasteiger partial charge in [-0.1, -0.05) is 12.8 Å². The predicted molar refractivity (Wildman–Crippen MR) is 68.2 cm³/mol. The van der Waals surface area contributed by atoms with Crippen molar-refractivity contribution in [3.63, 3.8) is 0 Å². The second-order valence-electron chi connectivity index (χ2n) is 5.47. The molecule has 0 aromatic heterocycles. The van der Waals surface area contributed by atoms with Crippen LogP contribution in [0.15, 0.2) is 0 Å². The van der Waals surface area contributed by atoms with Crippen molar-refractivity contribution in [1.29, 1.82) is 0 Å². The number of alkyl halides is 1. The number of halogens is 1. The lowest BCUT2D eigenvalue weighted by molar-refractivity contribution is -0.129. The molecular formula is C13H22ClNO2. The van der Waals surface area contributed by atoms with E-state index in [1.165, 1.54) is 12.8 Å². The summed E-state index contributed by atoms with van der Waals surface area (Å²) in [7, 11) is 0. The van der Waals surface area contributed by atoms with Gasteiger partial charge in [-0.2, -0.15) is 0 Å². The zero-order valence-electron chi connectivity index (χ0n) is 10.3. The van der Waals surface area contributed by atoms with E-state index in [4.69, 9.17) is 16.3 Å². The minimum absolute atomic E-state index is 0.0533. The Kier molecular flexibility index (Phi) is 4.69. The van der Waals surface area contributed by atoms with Gasteiger partial charge < -0.3 is 10.1 Å². The van der Waals surface area contributed by atoms with Gasteiger partial charge in [0.1, 0.15) is 0 Å². The van der Waals surface area contributed by atoms with Crippen molar-refractivity contribution in [2.24, 2.45) is 11.3 Å². The molecule has 17 heavy (non-hydrogen) atoms. The highest BCUT2D eigenvalue weighted by Gasteiger charge is 2.34. The summed E-state index contributed by atoms with van der Waals surface area (Å²) in [6, 6.07) is 0. The number of rotatable bonds is 4. The first-order valence-electron chi connectivity index (χ1n) is 6.67. The molecule has 1 amide bonds. The molecule has 2 rings (SSSR count). The molecule has 0 spiro atoms. The lowest BCUT2D eigenvalue weighted by Gasteiger charge is -2.28. The number of hydrogen-bond acceptors (Lipinski definition) is 2. The summed E-state index contributed by atoms with van der Waals surface area (Å²) < 4.78 is 5.34. The van der Waals surface area contributed by atoms with Crippen molar-refractivity contribution < 1.29 is 9.53 Å². The molecule has 1 heterocycles. The lowest BCUT2D eigenvalue weighted by atomic mass is 9.88. The SMILES string of the molecule is O=C(NCC1(CCl)CCCC1)C1CCCOC1. The van der Waals surface area contributed by atoms with Crippen LogP contribution < -0.4 is 5.32 Å². The fourth-order valence-corrected chi connectivity index (χ4v) is 3.21. The summed E-state index contributed by atoms with van der Waals surface area (Å²) in [5.41, 5.74) is 0.159. The Balaban J connectivity index is 1.78. The van der Waals surface area contributed by atoms with Crippen LogP contribution in [0.5, 0.6) is 0 Å². The van der Waals surface area contributed by atoms with Gasteiger partial charge in [0.05, 0.1) is 12.5 Å². The zero-order chi connectivity index (χ0) is 12.1. The molecule has 0 aromatic carbocycles. The van der Waals surface area contributed by atoms with Gasteiger partial charge >= 0.3 is 0 Å². The molecule has 0 radical (unpaired) electrons. The maximum Gasteiger partial charge on any atom is 0.225 e. The monoisotopic (exact) mass is 259 g/mol. The largest absolute Gasteiger partial charge is 0.381 e. The molecule has 1 aliphatic carbocycles. The van der Waals surface area contributed by atoms with Gasteiger partial charge in [-0.3, -0.25) is 4.79 Å². The van der Waals surface area contributed by atoms with Crippen LogP contribution in [0.1, 0.15) is 38.5 Å². The third-order valence-corrected chi connectivity index (χ3v) is 4.68. The summed E-state index contributed by atoms with van der Waals surface area (Å²) in [5.74, 6) is 0.868. The van der Waals surface area contributed by atoms with Crippen molar-refractivity contribution in [3.05, 3.63) is 0 Å². The minimum atomic E-state index is 0.0533. The van der Waals surface area contributed by atoms with Crippen LogP contribution in [0.2, 0.25) is 0 Å². The molecule has 2 aliphatic rings. The normalized spacial score (nSPS) is 27.9. The number of hydrogen-bond donors (Lipinski definition) is 1. The Labute approximate surface area is 108 Å². The van der Waals surface area contributed by atoms with Gasteiger partial charge in [-0.15, -0.1) is 11.6 Å². The standard InChI is InChI=1S/C13H22ClNO2/c14-9-13(5-1-2-6-13)10-15-12(16)11-4-3-7-17-8-11/h11H,1-10H2,(H,15,16). The molecule has 3 nitrogen and oxygen atoms in total. The highest BCUT2D eigenvalue weighted by atomic mass is 35.5. The Bertz CT molecular complexity index is 258. The van der Waals surface area contributed by atoms with Crippen LogP contribution in [0.4, 0.5) is 0 Å². The van der Waals surface area contributed by atoms with Gasteiger partial charge in [0.25, 0.3) is 0 Å². The molecule has 1 saturated carbocycles. The molecule has 1 saturated heterocycles. The van der Waals surface area contributed by atoms with Gasteiger partial charge in [-0.05, 0) is 25.7 Å². The first kappa shape index (κ1) is 13.2. The highest BCUT2D eigenvalue weighted by molar-refractivity contribution is 6.18. The van der Waals surface area contributed by atoms with E-state index in [1.54, 1.807) is 0 Å². The summed E-state index contributed by atoms with van der Waals surface area (Å²) in [6.07, 6.45) is 6.75. The topological polar surface area (TPSA) is 38.3 Å². The van der Waals surface area contributed by atoms with Crippen LogP contribution in [-0.4, -0.2) is 31.5 Å². The predicted octanol–water partition coefficient (Wildman–Crippen LogP) is 2.33. The number of ether oxygens (including phenoxy) is 1. The molecule has 4 heteroatoms. The number of carbonyl (C=O) groups is 1. The average Bonchev–Trinajstić information content (AvgIpc) is 2.86. The zero-order valence-corrected chi connectivity index (χ0v) is 11.1. The Morgan fingerprint density at radius 2 is 2.12 bits per heavy atom. The van der Waals surface area contributed by atoms with E-state index in [2.05, 4.69) is 5.32 Å². The Morgan fingerprint density at radius 1 is 1.35 bits per heavy atom. The summed E-state index contributed by atoms with van der Waals surface area (Å²) in [6.45, 7) is 2.13. The Hall–Kier alpha value is -0.280. The van der Waals surface area contributed by atoms with E-state index in [0.29, 0.717) is 12.5 Å². The smallest absolute Gasteiger partial charge is 0.225 e. The van der Waals surface area contributed by atoms with E-state index in [9.17, 15) is 4.79 Å². The molecule has 1 atom stereocenters. The van der Waals surface area contributed by atoms with E-state index in [-0.39, 0.29) is 17.2 Å². The van der Waals surface area contributed by atoms with Gasteiger partial charge in [0.15, 0.2) is 0 Å². The summed E-state index contributed by atoms with van der Waals surface area (Å²) in [4.78, 5) is 12.0. The maximum absolute atomic E-state index is 12.0. The van der Waals surface area contributed by atoms with E-state index in [0.717, 1.165) is 38.8 Å². The number of nitrogens with one attached hydrogen (secondary N) is 1. The summed E-state index contributed by atoms with van der Waals surface area (Å²) >= 11 is 6.06. The summed E-state index contributed by atoms with van der Waals surface area (Å²) in [5, 5.41) is 3.08. The van der Waals surface area contributed by atoms with E-state index < -0.39 is 0 Å². The highest BCUT2D eigenvalue weighted by Crippen LogP contribution is 2.38. The second kappa shape index (κ2) is 6.05. The fraction of sp³-hybridized carbons (Fsp3) is 0.923. The minimum Gasteiger partial charge on any atom is -0.381 e. The van der Waals surface area contributed by atoms with Crippen molar-refractivity contribution in [3.8, 4) is 0 Å². The van der Waals surface area contributed by atoms with E-state index in [1.807, 2.05) is 0 Å². The van der Waals surface area contributed by atoms with Crippen LogP contribution in [0, 0.1) is 11.3 Å². The molecule has 1 unspecified atom stereocenters. The molecule has 0 aromatic rings. The van der Waals surface area contributed by atoms with Crippen molar-refractivity contribution in [2.45, 2.75) is 38.5 Å². The molecule has 2 fully saturated rings. The third kappa shape index (κ3) is 3.35. The molecule has 0 bridgehead atoms. The number of carbonyl (C=O) groups excluding carboxylic acids is 1. The average molecular weight is 260 g/mol. The molecule has 1 N–H and O–H groups in total. The molecule has 98 valence electrons. The second-order valence-corrected chi connectivity index (χ2v) is 5.74. The fourth-order valence-electron chi connectivity index (χ4n) is 2.85. The quantitative estimate of drug-likeness (QED) is 0.787. The van der Waals surface area contributed by atoms with Crippen LogP contribution in [0.25, 0.3) is 0 Å². The van der Waals surface area contributed by atoms with Crippen LogP contribution in [0.3, 0.4) is 0 Å². The van der Waals surface area contributed by atoms with Gasteiger partial charge in [0.2, 0.25) is 5.91 Å². The molecular weight excluding hydrogens is 238 g/mol. The van der Waals surface area contributed by atoms with E-state index >= 15 is 0 Å². The first-order valence-corrected chi connectivity index (χ1v) is 7.21. The van der Waals surface area contributed by atoms with Crippen LogP contribution in [-0.2, 0) is 9.53 Å². The van der Waals surface area contributed by atoms with Crippen molar-refractivity contribution in [1.82, 2.24) is 5.32 Å². The Morgan fingerprint density at radius 3 is 2.71 bits per heavy atom. The third-order valence-electron chi connectivity index (χ3n) is 4.12. The van der Waals surface area contributed by atoms with Crippen molar-refractivity contribution >= 4 is 17.5 Å². The number of amides is 1. The molecule has 1 aliphatic heterocycles. The van der Waals surface area contributed by atoms with Crippen molar-refractivity contribution in [2.75, 3.05) is 25.6 Å². The van der Waals surface area contributed by atoms with Gasteiger partial charge in [-0.25, -0.2) is 0 Å². The lowest BCUT2D eigenvalue weighted by Crippen LogP contribution is -2.42. The van der Waals surface area contributed by atoms with Gasteiger partial charge in [0, 0.05) is 24.4 Å². The van der Waals surface area contributed by atoms with Crippen LogP contribution >= 0.6 is 11.6 Å². The first-order chi connectivity index (χ1) is 8.26.